The molecule has 0 fully saturated rings. The number of aryl methyl sites for hydroxylation is 1. The van der Waals surface area contributed by atoms with E-state index in [1.54, 1.807) is 46.0 Å². The predicted molar refractivity (Wildman–Crippen MR) is 99.2 cm³/mol. The number of aliphatic hydroxyl groups is 1. The second kappa shape index (κ2) is 9.01. The van der Waals surface area contributed by atoms with Gasteiger partial charge in [0.2, 0.25) is 0 Å². The van der Waals surface area contributed by atoms with Gasteiger partial charge in [-0.15, -0.1) is 0 Å². The number of ether oxygens (including phenoxy) is 1. The van der Waals surface area contributed by atoms with Crippen molar-refractivity contribution in [2.45, 2.75) is 50.2 Å². The smallest absolute Gasteiger partial charge is 0.337 e. The summed E-state index contributed by atoms with van der Waals surface area (Å²) in [6, 6.07) is 5.08. The summed E-state index contributed by atoms with van der Waals surface area (Å²) in [5, 5.41) is 16.8. The zero-order valence-corrected chi connectivity index (χ0v) is 16.5. The molecule has 0 radical (unpaired) electrons. The lowest BCUT2D eigenvalue weighted by Crippen LogP contribution is -2.40. The second-order valence-corrected chi connectivity index (χ2v) is 7.80. The fraction of sp³-hybridized carbons (Fsp3) is 0.444. The molecule has 2 aromatic heterocycles. The van der Waals surface area contributed by atoms with Crippen molar-refractivity contribution in [2.75, 3.05) is 6.54 Å². The lowest BCUT2D eigenvalue weighted by molar-refractivity contribution is -0.164. The average Bonchev–Trinajstić information content (AvgIpc) is 3.01. The highest BCUT2D eigenvalue weighted by atomic mass is 32.2. The van der Waals surface area contributed by atoms with E-state index in [4.69, 9.17) is 9.26 Å². The molecule has 0 saturated carbocycles. The van der Waals surface area contributed by atoms with Crippen LogP contribution >= 0.6 is 11.8 Å². The molecule has 146 valence electrons. The van der Waals surface area contributed by atoms with Gasteiger partial charge in [-0.25, -0.2) is 9.78 Å². The van der Waals surface area contributed by atoms with Crippen LogP contribution in [0.15, 0.2) is 33.9 Å². The summed E-state index contributed by atoms with van der Waals surface area (Å²) in [5.41, 5.74) is 0.378. The Morgan fingerprint density at radius 2 is 2.15 bits per heavy atom. The Kier molecular flexibility index (Phi) is 6.98. The third-order valence-corrected chi connectivity index (χ3v) is 4.22. The van der Waals surface area contributed by atoms with Crippen molar-refractivity contribution >= 4 is 23.6 Å². The molecule has 1 atom stereocenters. The summed E-state index contributed by atoms with van der Waals surface area (Å²) in [6.07, 6.45) is 0.141. The number of nitrogens with zero attached hydrogens (tertiary/aromatic N) is 2. The lowest BCUT2D eigenvalue weighted by atomic mass is 10.2. The van der Waals surface area contributed by atoms with Crippen LogP contribution in [0.4, 0.5) is 0 Å². The first-order valence-electron chi connectivity index (χ1n) is 8.35. The Hall–Kier alpha value is -2.39. The molecule has 8 nitrogen and oxygen atoms in total. The van der Waals surface area contributed by atoms with Gasteiger partial charge >= 0.3 is 5.97 Å². The van der Waals surface area contributed by atoms with E-state index in [1.165, 1.54) is 11.8 Å². The van der Waals surface area contributed by atoms with Crippen LogP contribution in [0.5, 0.6) is 0 Å². The van der Waals surface area contributed by atoms with Crippen LogP contribution < -0.4 is 5.32 Å². The Morgan fingerprint density at radius 1 is 1.41 bits per heavy atom. The number of hydrogen-bond acceptors (Lipinski definition) is 8. The maximum atomic E-state index is 12.4. The first-order chi connectivity index (χ1) is 12.7. The molecule has 2 heterocycles. The van der Waals surface area contributed by atoms with Crippen LogP contribution in [0.2, 0.25) is 0 Å². The number of amides is 1. The molecule has 9 heteroatoms. The summed E-state index contributed by atoms with van der Waals surface area (Å²) < 4.78 is 10.1. The summed E-state index contributed by atoms with van der Waals surface area (Å²) >= 11 is 1.34. The first kappa shape index (κ1) is 20.9. The molecule has 0 aliphatic carbocycles. The van der Waals surface area contributed by atoms with Crippen molar-refractivity contribution in [1.82, 2.24) is 15.5 Å². The Balaban J connectivity index is 1.95. The molecule has 2 aromatic rings. The normalized spacial score (nSPS) is 12.5. The van der Waals surface area contributed by atoms with Gasteiger partial charge in [-0.05, 0) is 39.8 Å². The van der Waals surface area contributed by atoms with Crippen molar-refractivity contribution in [3.8, 4) is 0 Å². The number of nitrogens with one attached hydrogen (secondary N) is 1. The molecular weight excluding hydrogens is 370 g/mol. The van der Waals surface area contributed by atoms with E-state index in [0.717, 1.165) is 5.69 Å². The van der Waals surface area contributed by atoms with E-state index in [9.17, 15) is 14.7 Å². The zero-order valence-electron chi connectivity index (χ0n) is 15.7. The number of hydrogen-bond donors (Lipinski definition) is 2. The molecule has 2 N–H and O–H groups in total. The van der Waals surface area contributed by atoms with Gasteiger partial charge in [-0.1, -0.05) is 16.9 Å². The number of thioether (sulfide) groups is 1. The van der Waals surface area contributed by atoms with Gasteiger partial charge in [0.25, 0.3) is 5.91 Å². The first-order valence-corrected chi connectivity index (χ1v) is 9.33. The van der Waals surface area contributed by atoms with Gasteiger partial charge in [0.15, 0.2) is 6.10 Å². The summed E-state index contributed by atoms with van der Waals surface area (Å²) in [5.74, 6) is -0.0231. The molecule has 1 unspecified atom stereocenters. The van der Waals surface area contributed by atoms with Gasteiger partial charge < -0.3 is 19.7 Å². The summed E-state index contributed by atoms with van der Waals surface area (Å²) in [4.78, 5) is 28.4. The minimum atomic E-state index is -1.45. The molecule has 27 heavy (non-hydrogen) atoms. The van der Waals surface area contributed by atoms with Crippen molar-refractivity contribution < 1.29 is 24.0 Å². The van der Waals surface area contributed by atoms with Gasteiger partial charge in [-0.3, -0.25) is 4.79 Å². The van der Waals surface area contributed by atoms with Gasteiger partial charge in [0.1, 0.15) is 16.4 Å². The Morgan fingerprint density at radius 3 is 2.78 bits per heavy atom. The molecule has 0 saturated heterocycles. The standard InChI is InChI=1S/C18H23N3O5S/c1-11-8-12(21-26-11)10-27-16-13(6-5-7-19-16)15(23)20-9-14(22)17(24)25-18(2,3)4/h5-8,14,22H,9-10H2,1-4H3,(H,20,23). The topological polar surface area (TPSA) is 115 Å². The zero-order chi connectivity index (χ0) is 20.0. The minimum absolute atomic E-state index is 0.255. The van der Waals surface area contributed by atoms with Gasteiger partial charge in [-0.2, -0.15) is 0 Å². The molecular formula is C18H23N3O5S. The van der Waals surface area contributed by atoms with E-state index in [2.05, 4.69) is 15.5 Å². The Labute approximate surface area is 161 Å². The molecule has 0 aliphatic rings. The van der Waals surface area contributed by atoms with Crippen LogP contribution in [0.3, 0.4) is 0 Å². The van der Waals surface area contributed by atoms with Crippen molar-refractivity contribution in [3.05, 3.63) is 41.4 Å². The lowest BCUT2D eigenvalue weighted by Gasteiger charge is -2.21. The number of aromatic nitrogens is 2. The van der Waals surface area contributed by atoms with E-state index in [0.29, 0.717) is 22.1 Å². The number of rotatable bonds is 7. The third kappa shape index (κ3) is 6.69. The van der Waals surface area contributed by atoms with E-state index in [1.807, 2.05) is 6.07 Å². The molecule has 0 spiro atoms. The van der Waals surface area contributed by atoms with Gasteiger partial charge in [0.05, 0.1) is 17.8 Å². The van der Waals surface area contributed by atoms with Crippen LogP contribution in [0.1, 0.15) is 42.6 Å². The second-order valence-electron chi connectivity index (χ2n) is 6.83. The van der Waals surface area contributed by atoms with Crippen LogP contribution in [0, 0.1) is 6.92 Å². The maximum Gasteiger partial charge on any atom is 0.337 e. The number of aliphatic hydroxyl groups excluding tert-OH is 1. The SMILES string of the molecule is Cc1cc(CSc2ncccc2C(=O)NCC(O)C(=O)OC(C)(C)C)no1. The highest BCUT2D eigenvalue weighted by Crippen LogP contribution is 2.24. The van der Waals surface area contributed by atoms with E-state index in [-0.39, 0.29) is 6.54 Å². The molecule has 2 rings (SSSR count). The number of carbonyl (C=O) groups excluding carboxylic acids is 2. The summed E-state index contributed by atoms with van der Waals surface area (Å²) in [6.45, 7) is 6.65. The van der Waals surface area contributed by atoms with Gasteiger partial charge in [0, 0.05) is 18.0 Å². The summed E-state index contributed by atoms with van der Waals surface area (Å²) in [7, 11) is 0. The maximum absolute atomic E-state index is 12.4. The van der Waals surface area contributed by atoms with Crippen molar-refractivity contribution in [1.29, 1.82) is 0 Å². The fourth-order valence-electron chi connectivity index (χ4n) is 2.04. The van der Waals surface area contributed by atoms with Crippen molar-refractivity contribution in [2.24, 2.45) is 0 Å². The number of carbonyl (C=O) groups is 2. The molecule has 0 bridgehead atoms. The van der Waals surface area contributed by atoms with E-state index < -0.39 is 23.6 Å². The molecule has 0 aliphatic heterocycles. The van der Waals surface area contributed by atoms with Crippen LogP contribution in [-0.2, 0) is 15.3 Å². The highest BCUT2D eigenvalue weighted by Gasteiger charge is 2.24. The quantitative estimate of drug-likeness (QED) is 0.543. The number of esters is 1. The van der Waals surface area contributed by atoms with Crippen LogP contribution in [-0.4, -0.2) is 45.4 Å². The van der Waals surface area contributed by atoms with Crippen molar-refractivity contribution in [3.63, 3.8) is 0 Å². The molecule has 1 amide bonds. The third-order valence-electron chi connectivity index (χ3n) is 3.18. The molecule has 0 aromatic carbocycles. The fourth-order valence-corrected chi connectivity index (χ4v) is 2.92. The predicted octanol–water partition coefficient (Wildman–Crippen LogP) is 2.10. The largest absolute Gasteiger partial charge is 0.458 e. The average molecular weight is 393 g/mol. The Bertz CT molecular complexity index is 800. The minimum Gasteiger partial charge on any atom is -0.458 e. The van der Waals surface area contributed by atoms with Crippen LogP contribution in [0.25, 0.3) is 0 Å². The number of pyridine rings is 1. The monoisotopic (exact) mass is 393 g/mol. The highest BCUT2D eigenvalue weighted by molar-refractivity contribution is 7.98. The van der Waals surface area contributed by atoms with E-state index >= 15 is 0 Å².